The number of aromatic nitrogens is 1. The molecule has 0 aliphatic carbocycles. The van der Waals surface area contributed by atoms with Gasteiger partial charge in [0.15, 0.2) is 28.2 Å². The maximum absolute atomic E-state index is 13.6. The molecule has 0 spiro atoms. The predicted molar refractivity (Wildman–Crippen MR) is 155 cm³/mol. The molecule has 0 radical (unpaired) electrons. The van der Waals surface area contributed by atoms with Crippen LogP contribution in [0.15, 0.2) is 84.1 Å². The van der Waals surface area contributed by atoms with E-state index in [9.17, 15) is 14.7 Å². The topological polar surface area (TPSA) is 98.2 Å². The van der Waals surface area contributed by atoms with Crippen molar-refractivity contribution >= 4 is 44.5 Å². The minimum Gasteiger partial charge on any atom is -0.503 e. The fourth-order valence-electron chi connectivity index (χ4n) is 4.56. The fourth-order valence-corrected chi connectivity index (χ4v) is 5.58. The third-order valence-corrected chi connectivity index (χ3v) is 7.39. The van der Waals surface area contributed by atoms with Crippen molar-refractivity contribution < 1.29 is 28.9 Å². The second-order valence-corrected chi connectivity index (χ2v) is 9.86. The number of thiazole rings is 1. The lowest BCUT2D eigenvalue weighted by Crippen LogP contribution is -2.30. The number of hydrogen-bond acceptors (Lipinski definition) is 8. The first kappa shape index (κ1) is 27.0. The standard InChI is InChI=1S/C31H28N2O6S/c1-4-38-24-16-12-20(17-25(24)39-5-2)28-27(23(34)15-11-19-9-7-6-8-10-19)29(35)30(36)33(28)31-32-22-14-13-21(37-3)18-26(22)40-31/h6-18,28,35H,4-5H2,1-3H3/b15-11+. The van der Waals surface area contributed by atoms with Gasteiger partial charge in [-0.15, -0.1) is 0 Å². The van der Waals surface area contributed by atoms with Crippen molar-refractivity contribution in [3.63, 3.8) is 0 Å². The van der Waals surface area contributed by atoms with Crippen LogP contribution in [-0.2, 0) is 9.59 Å². The van der Waals surface area contributed by atoms with Gasteiger partial charge in [0.05, 0.1) is 42.2 Å². The molecule has 1 N–H and O–H groups in total. The van der Waals surface area contributed by atoms with Crippen molar-refractivity contribution in [2.45, 2.75) is 19.9 Å². The van der Waals surface area contributed by atoms with Crippen molar-refractivity contribution in [2.24, 2.45) is 0 Å². The zero-order chi connectivity index (χ0) is 28.2. The maximum atomic E-state index is 13.6. The summed E-state index contributed by atoms with van der Waals surface area (Å²) in [7, 11) is 1.58. The summed E-state index contributed by atoms with van der Waals surface area (Å²) in [4.78, 5) is 33.2. The Bertz CT molecular complexity index is 1630. The first-order chi connectivity index (χ1) is 19.4. The number of ketones is 1. The van der Waals surface area contributed by atoms with E-state index >= 15 is 0 Å². The third-order valence-electron chi connectivity index (χ3n) is 6.37. The zero-order valence-electron chi connectivity index (χ0n) is 22.3. The number of carbonyl (C=O) groups is 2. The summed E-state index contributed by atoms with van der Waals surface area (Å²) in [6.45, 7) is 4.57. The molecule has 2 heterocycles. The van der Waals surface area contributed by atoms with Crippen molar-refractivity contribution in [2.75, 3.05) is 25.2 Å². The number of allylic oxidation sites excluding steroid dienone is 1. The highest BCUT2D eigenvalue weighted by atomic mass is 32.1. The molecule has 1 unspecified atom stereocenters. The van der Waals surface area contributed by atoms with Crippen LogP contribution in [0.1, 0.15) is 31.0 Å². The largest absolute Gasteiger partial charge is 0.503 e. The molecule has 0 fully saturated rings. The number of ether oxygens (including phenoxy) is 3. The van der Waals surface area contributed by atoms with Gasteiger partial charge in [-0.05, 0) is 61.4 Å². The summed E-state index contributed by atoms with van der Waals surface area (Å²) in [6.07, 6.45) is 3.02. The number of hydrogen-bond donors (Lipinski definition) is 1. The lowest BCUT2D eigenvalue weighted by Gasteiger charge is -2.25. The SMILES string of the molecule is CCOc1ccc(C2C(C(=O)/C=C/c3ccccc3)=C(O)C(=O)N2c2nc3ccc(OC)cc3s2)cc1OCC. The van der Waals surface area contributed by atoms with Crippen LogP contribution in [0.3, 0.4) is 0 Å². The van der Waals surface area contributed by atoms with Crippen molar-refractivity contribution in [3.8, 4) is 17.2 Å². The number of nitrogens with zero attached hydrogens (tertiary/aromatic N) is 2. The molecule has 40 heavy (non-hydrogen) atoms. The molecule has 1 aliphatic rings. The molecule has 9 heteroatoms. The summed E-state index contributed by atoms with van der Waals surface area (Å²) < 4.78 is 17.7. The highest BCUT2D eigenvalue weighted by molar-refractivity contribution is 7.22. The first-order valence-corrected chi connectivity index (χ1v) is 13.6. The van der Waals surface area contributed by atoms with E-state index in [2.05, 4.69) is 4.98 Å². The molecule has 1 atom stereocenters. The van der Waals surface area contributed by atoms with E-state index in [0.29, 0.717) is 46.7 Å². The van der Waals surface area contributed by atoms with Crippen LogP contribution in [0, 0.1) is 0 Å². The van der Waals surface area contributed by atoms with Crippen LogP contribution >= 0.6 is 11.3 Å². The maximum Gasteiger partial charge on any atom is 0.296 e. The number of methoxy groups -OCH3 is 1. The minimum atomic E-state index is -0.947. The lowest BCUT2D eigenvalue weighted by molar-refractivity contribution is -0.117. The summed E-state index contributed by atoms with van der Waals surface area (Å²) in [5.41, 5.74) is 2.00. The number of fused-ring (bicyclic) bond motifs is 1. The Hall–Kier alpha value is -4.63. The van der Waals surface area contributed by atoms with E-state index in [1.807, 2.05) is 50.2 Å². The molecular formula is C31H28N2O6S. The normalized spacial score (nSPS) is 15.3. The van der Waals surface area contributed by atoms with Crippen LogP contribution in [0.25, 0.3) is 16.3 Å². The summed E-state index contributed by atoms with van der Waals surface area (Å²) in [5, 5.41) is 11.4. The van der Waals surface area contributed by atoms with E-state index in [1.165, 1.54) is 22.3 Å². The number of carbonyl (C=O) groups excluding carboxylic acids is 2. The lowest BCUT2D eigenvalue weighted by atomic mass is 9.95. The average molecular weight is 557 g/mol. The Balaban J connectivity index is 1.63. The number of benzene rings is 3. The highest BCUT2D eigenvalue weighted by Crippen LogP contribution is 2.45. The average Bonchev–Trinajstić information content (AvgIpc) is 3.50. The molecule has 204 valence electrons. The second kappa shape index (κ2) is 11.6. The molecule has 1 aromatic heterocycles. The molecule has 0 saturated carbocycles. The summed E-state index contributed by atoms with van der Waals surface area (Å²) in [6, 6.07) is 19.0. The minimum absolute atomic E-state index is 0.0411. The smallest absolute Gasteiger partial charge is 0.296 e. The van der Waals surface area contributed by atoms with Crippen LogP contribution in [0.2, 0.25) is 0 Å². The fraction of sp³-hybridized carbons (Fsp3) is 0.194. The van der Waals surface area contributed by atoms with Gasteiger partial charge in [0.2, 0.25) is 0 Å². The predicted octanol–water partition coefficient (Wildman–Crippen LogP) is 6.28. The van der Waals surface area contributed by atoms with Gasteiger partial charge in [-0.3, -0.25) is 14.5 Å². The molecule has 4 aromatic rings. The Morgan fingerprint density at radius 3 is 2.50 bits per heavy atom. The van der Waals surface area contributed by atoms with E-state index in [0.717, 1.165) is 10.3 Å². The molecule has 8 nitrogen and oxygen atoms in total. The third kappa shape index (κ3) is 5.15. The van der Waals surface area contributed by atoms with Gasteiger partial charge in [-0.2, -0.15) is 0 Å². The van der Waals surface area contributed by atoms with E-state index in [1.54, 1.807) is 43.5 Å². The van der Waals surface area contributed by atoms with Gasteiger partial charge in [0.25, 0.3) is 5.91 Å². The number of aliphatic hydroxyl groups is 1. The van der Waals surface area contributed by atoms with Gasteiger partial charge in [0.1, 0.15) is 5.75 Å². The summed E-state index contributed by atoms with van der Waals surface area (Å²) >= 11 is 1.27. The molecule has 3 aromatic carbocycles. The van der Waals surface area contributed by atoms with Crippen molar-refractivity contribution in [1.82, 2.24) is 4.98 Å². The van der Waals surface area contributed by atoms with Gasteiger partial charge < -0.3 is 19.3 Å². The van der Waals surface area contributed by atoms with Crippen LogP contribution < -0.4 is 19.1 Å². The molecule has 0 saturated heterocycles. The van der Waals surface area contributed by atoms with Crippen molar-refractivity contribution in [1.29, 1.82) is 0 Å². The Labute approximate surface area is 235 Å². The Kier molecular flexibility index (Phi) is 7.84. The Morgan fingerprint density at radius 2 is 1.77 bits per heavy atom. The van der Waals surface area contributed by atoms with E-state index in [-0.39, 0.29) is 5.57 Å². The number of amides is 1. The van der Waals surface area contributed by atoms with Crippen LogP contribution in [-0.4, -0.2) is 42.1 Å². The number of anilines is 1. The first-order valence-electron chi connectivity index (χ1n) is 12.8. The van der Waals surface area contributed by atoms with Crippen LogP contribution in [0.5, 0.6) is 17.2 Å². The van der Waals surface area contributed by atoms with Gasteiger partial charge in [-0.1, -0.05) is 53.8 Å². The quantitative estimate of drug-likeness (QED) is 0.229. The van der Waals surface area contributed by atoms with Gasteiger partial charge in [-0.25, -0.2) is 4.98 Å². The summed E-state index contributed by atoms with van der Waals surface area (Å²) in [5.74, 6) is -0.141. The molecule has 5 rings (SSSR count). The number of rotatable bonds is 10. The van der Waals surface area contributed by atoms with E-state index < -0.39 is 23.5 Å². The monoisotopic (exact) mass is 556 g/mol. The Morgan fingerprint density at radius 1 is 1.02 bits per heavy atom. The molecule has 0 bridgehead atoms. The number of aliphatic hydroxyl groups excluding tert-OH is 1. The molecule has 1 aliphatic heterocycles. The van der Waals surface area contributed by atoms with Gasteiger partial charge in [0, 0.05) is 0 Å². The molecular weight excluding hydrogens is 528 g/mol. The highest BCUT2D eigenvalue weighted by Gasteiger charge is 2.45. The van der Waals surface area contributed by atoms with Gasteiger partial charge >= 0.3 is 0 Å². The van der Waals surface area contributed by atoms with Crippen LogP contribution in [0.4, 0.5) is 5.13 Å². The second-order valence-electron chi connectivity index (χ2n) is 8.85. The molecule has 1 amide bonds. The van der Waals surface area contributed by atoms with Crippen molar-refractivity contribution in [3.05, 3.63) is 95.3 Å². The zero-order valence-corrected chi connectivity index (χ0v) is 23.1. The van der Waals surface area contributed by atoms with E-state index in [4.69, 9.17) is 14.2 Å².